The fourth-order valence-electron chi connectivity index (χ4n) is 4.73. The van der Waals surface area contributed by atoms with Gasteiger partial charge < -0.3 is 4.90 Å². The van der Waals surface area contributed by atoms with E-state index >= 15 is 0 Å². The second kappa shape index (κ2) is 7.60. The number of carbonyl (C=O) groups excluding carboxylic acids is 1. The van der Waals surface area contributed by atoms with Crippen molar-refractivity contribution in [1.82, 2.24) is 20.1 Å². The van der Waals surface area contributed by atoms with Gasteiger partial charge in [-0.25, -0.2) is 13.8 Å². The minimum absolute atomic E-state index is 0.0117. The number of nitrogens with zero attached hydrogens (tertiary/aromatic N) is 3. The predicted octanol–water partition coefficient (Wildman–Crippen LogP) is 3.86. The highest BCUT2D eigenvalue weighted by Gasteiger charge is 2.46. The van der Waals surface area contributed by atoms with Gasteiger partial charge in [-0.3, -0.25) is 9.89 Å². The molecule has 5 nitrogen and oxygen atoms in total. The van der Waals surface area contributed by atoms with Gasteiger partial charge in [0.15, 0.2) is 5.82 Å². The number of rotatable bonds is 4. The third-order valence-corrected chi connectivity index (χ3v) is 6.31. The molecule has 2 aliphatic rings. The first-order chi connectivity index (χ1) is 13.5. The number of nitrogens with one attached hydrogen (secondary N) is 1. The van der Waals surface area contributed by atoms with Gasteiger partial charge in [-0.05, 0) is 43.4 Å². The minimum Gasteiger partial charge on any atom is -0.342 e. The first-order valence-electron chi connectivity index (χ1n) is 10.2. The highest BCUT2D eigenvalue weighted by molar-refractivity contribution is 5.88. The molecule has 28 heavy (non-hydrogen) atoms. The van der Waals surface area contributed by atoms with Crippen molar-refractivity contribution in [3.8, 4) is 0 Å². The summed E-state index contributed by atoms with van der Waals surface area (Å²) in [5.41, 5.74) is -0.313. The van der Waals surface area contributed by atoms with E-state index in [4.69, 9.17) is 0 Å². The van der Waals surface area contributed by atoms with Crippen LogP contribution in [0.4, 0.5) is 8.78 Å². The molecule has 7 heteroatoms. The highest BCUT2D eigenvalue weighted by Crippen LogP contribution is 2.44. The Morgan fingerprint density at radius 2 is 1.82 bits per heavy atom. The van der Waals surface area contributed by atoms with Crippen LogP contribution in [0.1, 0.15) is 68.6 Å². The normalized spacial score (nSPS) is 19.9. The van der Waals surface area contributed by atoms with Crippen molar-refractivity contribution in [2.45, 2.75) is 63.2 Å². The van der Waals surface area contributed by atoms with Crippen LogP contribution in [0, 0.1) is 11.6 Å². The summed E-state index contributed by atoms with van der Waals surface area (Å²) in [4.78, 5) is 19.9. The number of aromatic amines is 1. The van der Waals surface area contributed by atoms with Gasteiger partial charge in [0.1, 0.15) is 17.5 Å². The number of aromatic nitrogens is 3. The van der Waals surface area contributed by atoms with E-state index < -0.39 is 17.0 Å². The summed E-state index contributed by atoms with van der Waals surface area (Å²) in [5.74, 6) is 0.718. The number of hydrogen-bond donors (Lipinski definition) is 1. The van der Waals surface area contributed by atoms with Crippen LogP contribution in [0.2, 0.25) is 0 Å². The van der Waals surface area contributed by atoms with Crippen LogP contribution in [-0.4, -0.2) is 39.1 Å². The van der Waals surface area contributed by atoms with Gasteiger partial charge >= 0.3 is 0 Å². The Morgan fingerprint density at radius 1 is 1.18 bits per heavy atom. The molecule has 1 aromatic carbocycles. The third-order valence-electron chi connectivity index (χ3n) is 6.31. The molecule has 0 spiro atoms. The predicted molar refractivity (Wildman–Crippen MR) is 101 cm³/mol. The van der Waals surface area contributed by atoms with Crippen molar-refractivity contribution < 1.29 is 13.6 Å². The van der Waals surface area contributed by atoms with Crippen molar-refractivity contribution in [3.63, 3.8) is 0 Å². The maximum atomic E-state index is 13.8. The lowest BCUT2D eigenvalue weighted by molar-refractivity contribution is -0.138. The van der Waals surface area contributed by atoms with E-state index in [1.807, 2.05) is 11.8 Å². The molecule has 0 bridgehead atoms. The monoisotopic (exact) mass is 388 g/mol. The number of hydrogen-bond acceptors (Lipinski definition) is 3. The van der Waals surface area contributed by atoms with E-state index in [1.165, 1.54) is 12.1 Å². The van der Waals surface area contributed by atoms with Crippen molar-refractivity contribution in [2.24, 2.45) is 0 Å². The molecule has 4 rings (SSSR count). The Morgan fingerprint density at radius 3 is 2.39 bits per heavy atom. The number of H-pyrrole nitrogens is 1. The molecule has 0 unspecified atom stereocenters. The molecular weight excluding hydrogens is 362 g/mol. The molecule has 1 N–H and O–H groups in total. The number of amides is 1. The van der Waals surface area contributed by atoms with E-state index in [0.29, 0.717) is 31.5 Å². The van der Waals surface area contributed by atoms with Gasteiger partial charge in [0, 0.05) is 31.5 Å². The zero-order valence-electron chi connectivity index (χ0n) is 16.2. The van der Waals surface area contributed by atoms with Crippen LogP contribution < -0.4 is 0 Å². The Balaban J connectivity index is 1.51. The molecule has 0 radical (unpaired) electrons. The van der Waals surface area contributed by atoms with E-state index in [2.05, 4.69) is 15.2 Å². The van der Waals surface area contributed by atoms with Crippen LogP contribution >= 0.6 is 0 Å². The number of likely N-dealkylation sites (tertiary alicyclic amines) is 1. The van der Waals surface area contributed by atoms with Crippen molar-refractivity contribution in [1.29, 1.82) is 0 Å². The first kappa shape index (κ1) is 19.0. The molecule has 2 fully saturated rings. The lowest BCUT2D eigenvalue weighted by Gasteiger charge is -2.38. The van der Waals surface area contributed by atoms with Gasteiger partial charge in [0.2, 0.25) is 5.91 Å². The molecule has 1 aromatic heterocycles. The summed E-state index contributed by atoms with van der Waals surface area (Å²) in [6, 6.07) is 3.53. The Bertz CT molecular complexity index is 832. The smallest absolute Gasteiger partial charge is 0.233 e. The third kappa shape index (κ3) is 3.42. The summed E-state index contributed by atoms with van der Waals surface area (Å²) >= 11 is 0. The fraction of sp³-hybridized carbons (Fsp3) is 0.571. The zero-order chi connectivity index (χ0) is 19.7. The molecule has 2 aromatic rings. The lowest BCUT2D eigenvalue weighted by Crippen LogP contribution is -2.48. The number of halogens is 2. The number of benzene rings is 1. The molecule has 1 aliphatic carbocycles. The molecular formula is C21H26F2N4O. The molecule has 150 valence electrons. The average Bonchev–Trinajstić information content (AvgIpc) is 3.37. The summed E-state index contributed by atoms with van der Waals surface area (Å²) in [5, 5.41) is 7.27. The zero-order valence-corrected chi connectivity index (χ0v) is 16.2. The molecule has 1 saturated heterocycles. The molecule has 1 amide bonds. The van der Waals surface area contributed by atoms with Crippen LogP contribution in [0.25, 0.3) is 0 Å². The topological polar surface area (TPSA) is 61.9 Å². The fourth-order valence-corrected chi connectivity index (χ4v) is 4.73. The Labute approximate surface area is 163 Å². The maximum absolute atomic E-state index is 13.8. The molecule has 0 atom stereocenters. The molecule has 1 saturated carbocycles. The number of aryl methyl sites for hydroxylation is 1. The van der Waals surface area contributed by atoms with Gasteiger partial charge in [0.05, 0.1) is 5.41 Å². The number of piperidine rings is 1. The van der Waals surface area contributed by atoms with Gasteiger partial charge in [-0.2, -0.15) is 5.10 Å². The van der Waals surface area contributed by atoms with Crippen LogP contribution in [0.15, 0.2) is 18.2 Å². The maximum Gasteiger partial charge on any atom is 0.233 e. The Hall–Kier alpha value is -2.31. The first-order valence-corrected chi connectivity index (χ1v) is 10.2. The van der Waals surface area contributed by atoms with E-state index in [9.17, 15) is 13.6 Å². The van der Waals surface area contributed by atoms with Crippen molar-refractivity contribution in [2.75, 3.05) is 13.1 Å². The van der Waals surface area contributed by atoms with Crippen molar-refractivity contribution in [3.05, 3.63) is 47.0 Å². The lowest BCUT2D eigenvalue weighted by atomic mass is 9.77. The molecule has 2 heterocycles. The largest absolute Gasteiger partial charge is 0.342 e. The second-order valence-corrected chi connectivity index (χ2v) is 8.01. The van der Waals surface area contributed by atoms with Crippen LogP contribution in [0.3, 0.4) is 0 Å². The van der Waals surface area contributed by atoms with E-state index in [-0.39, 0.29) is 11.8 Å². The summed E-state index contributed by atoms with van der Waals surface area (Å²) in [6.45, 7) is 3.28. The Kier molecular flexibility index (Phi) is 5.17. The van der Waals surface area contributed by atoms with E-state index in [1.54, 1.807) is 0 Å². The van der Waals surface area contributed by atoms with Crippen LogP contribution in [0.5, 0.6) is 0 Å². The highest BCUT2D eigenvalue weighted by atomic mass is 19.1. The quantitative estimate of drug-likeness (QED) is 0.865. The molecule has 1 aliphatic heterocycles. The SMILES string of the molecule is CCc1nc(C2CCN(C(=O)C3(c4cc(F)cc(F)c4)CCCC3)CC2)n[nH]1. The van der Waals surface area contributed by atoms with Gasteiger partial charge in [-0.1, -0.05) is 19.8 Å². The van der Waals surface area contributed by atoms with E-state index in [0.717, 1.165) is 49.8 Å². The summed E-state index contributed by atoms with van der Waals surface area (Å²) in [7, 11) is 0. The summed E-state index contributed by atoms with van der Waals surface area (Å²) in [6.07, 6.45) is 5.53. The second-order valence-electron chi connectivity index (χ2n) is 8.01. The number of carbonyl (C=O) groups is 1. The summed E-state index contributed by atoms with van der Waals surface area (Å²) < 4.78 is 27.7. The minimum atomic E-state index is -0.796. The van der Waals surface area contributed by atoms with Gasteiger partial charge in [-0.15, -0.1) is 0 Å². The standard InChI is InChI=1S/C21H26F2N4O/c1-2-18-24-19(26-25-18)14-5-9-27(10-6-14)20(28)21(7-3-4-8-21)15-11-16(22)13-17(23)12-15/h11-14H,2-10H2,1H3,(H,24,25,26). The van der Waals surface area contributed by atoms with Crippen LogP contribution in [-0.2, 0) is 16.6 Å². The van der Waals surface area contributed by atoms with Gasteiger partial charge in [0.25, 0.3) is 0 Å². The average molecular weight is 388 g/mol. The van der Waals surface area contributed by atoms with Crippen molar-refractivity contribution >= 4 is 5.91 Å².